The molecule has 1 saturated heterocycles. The zero-order valence-electron chi connectivity index (χ0n) is 10.9. The number of likely N-dealkylation sites (tertiary alicyclic amines) is 1. The normalized spacial score (nSPS) is 20.2. The fourth-order valence-corrected chi connectivity index (χ4v) is 2.89. The average Bonchev–Trinajstić information content (AvgIpc) is 2.37. The minimum atomic E-state index is -0.973. The van der Waals surface area contributed by atoms with Crippen LogP contribution in [0.1, 0.15) is 29.6 Å². The summed E-state index contributed by atoms with van der Waals surface area (Å²) in [5, 5.41) is 9.22. The molecule has 1 fully saturated rings. The fourth-order valence-electron chi connectivity index (χ4n) is 2.37. The molecule has 104 valence electrons. The van der Waals surface area contributed by atoms with Crippen molar-refractivity contribution in [2.75, 3.05) is 20.2 Å². The van der Waals surface area contributed by atoms with Gasteiger partial charge in [0.15, 0.2) is 0 Å². The van der Waals surface area contributed by atoms with Gasteiger partial charge in [0.2, 0.25) is 0 Å². The number of piperidine rings is 1. The molecule has 1 N–H and O–H groups in total. The van der Waals surface area contributed by atoms with Gasteiger partial charge in [-0.05, 0) is 54.5 Å². The maximum absolute atomic E-state index is 11.2. The van der Waals surface area contributed by atoms with Crippen molar-refractivity contribution in [3.05, 3.63) is 28.2 Å². The van der Waals surface area contributed by atoms with Crippen molar-refractivity contribution in [2.24, 2.45) is 0 Å². The van der Waals surface area contributed by atoms with Crippen molar-refractivity contribution in [1.29, 1.82) is 0 Å². The number of rotatable bonds is 4. The minimum absolute atomic E-state index is 0.195. The first-order chi connectivity index (χ1) is 9.09. The van der Waals surface area contributed by atoms with Gasteiger partial charge < -0.3 is 14.7 Å². The second-order valence-corrected chi connectivity index (χ2v) is 5.71. The lowest BCUT2D eigenvalue weighted by atomic mass is 10.0. The molecule has 0 bridgehead atoms. The van der Waals surface area contributed by atoms with Crippen molar-refractivity contribution >= 4 is 21.9 Å². The number of likely N-dealkylation sites (N-methyl/N-ethyl adjacent to an activating group) is 1. The van der Waals surface area contributed by atoms with Crippen LogP contribution in [0.4, 0.5) is 0 Å². The first kappa shape index (κ1) is 14.3. The Morgan fingerprint density at radius 2 is 2.32 bits per heavy atom. The molecule has 1 aromatic rings. The van der Waals surface area contributed by atoms with Crippen molar-refractivity contribution in [3.8, 4) is 5.75 Å². The fraction of sp³-hybridized carbons (Fsp3) is 0.500. The van der Waals surface area contributed by atoms with Gasteiger partial charge in [-0.15, -0.1) is 0 Å². The monoisotopic (exact) mass is 327 g/mol. The van der Waals surface area contributed by atoms with Crippen molar-refractivity contribution in [2.45, 2.75) is 25.3 Å². The lowest BCUT2D eigenvalue weighted by Crippen LogP contribution is -2.40. The number of carbonyl (C=O) groups is 1. The number of nitrogens with zero attached hydrogens (tertiary/aromatic N) is 1. The largest absolute Gasteiger partial charge is 0.491 e. The van der Waals surface area contributed by atoms with E-state index in [2.05, 4.69) is 27.9 Å². The Morgan fingerprint density at radius 1 is 1.53 bits per heavy atom. The predicted octanol–water partition coefficient (Wildman–Crippen LogP) is 3.01. The first-order valence-corrected chi connectivity index (χ1v) is 7.23. The Bertz CT molecular complexity index is 464. The van der Waals surface area contributed by atoms with Gasteiger partial charge >= 0.3 is 5.97 Å². The number of carboxylic acids is 1. The van der Waals surface area contributed by atoms with Gasteiger partial charge in [0.05, 0.1) is 0 Å². The van der Waals surface area contributed by atoms with Crippen molar-refractivity contribution < 1.29 is 14.6 Å². The highest BCUT2D eigenvalue weighted by Crippen LogP contribution is 2.27. The molecule has 19 heavy (non-hydrogen) atoms. The molecule has 0 amide bonds. The van der Waals surface area contributed by atoms with Crippen molar-refractivity contribution in [3.63, 3.8) is 0 Å². The van der Waals surface area contributed by atoms with Gasteiger partial charge in [-0.2, -0.15) is 0 Å². The van der Waals surface area contributed by atoms with Crippen LogP contribution in [-0.2, 0) is 0 Å². The van der Waals surface area contributed by atoms with Crippen LogP contribution >= 0.6 is 15.9 Å². The van der Waals surface area contributed by atoms with Crippen LogP contribution in [0, 0.1) is 0 Å². The summed E-state index contributed by atoms with van der Waals surface area (Å²) in [6.07, 6.45) is 3.54. The Balaban J connectivity index is 2.07. The van der Waals surface area contributed by atoms with Gasteiger partial charge in [0, 0.05) is 10.5 Å². The van der Waals surface area contributed by atoms with Gasteiger partial charge in [-0.25, -0.2) is 4.79 Å². The number of hydrogen-bond donors (Lipinski definition) is 1. The molecule has 1 heterocycles. The topological polar surface area (TPSA) is 49.8 Å². The summed E-state index contributed by atoms with van der Waals surface area (Å²) in [4.78, 5) is 13.5. The maximum atomic E-state index is 11.2. The molecule has 5 heteroatoms. The van der Waals surface area contributed by atoms with E-state index in [1.54, 1.807) is 18.2 Å². The van der Waals surface area contributed by atoms with Gasteiger partial charge in [-0.1, -0.05) is 12.5 Å². The number of benzene rings is 1. The predicted molar refractivity (Wildman–Crippen MR) is 76.9 cm³/mol. The number of halogens is 1. The number of aromatic carboxylic acids is 1. The van der Waals surface area contributed by atoms with Crippen LogP contribution in [0.15, 0.2) is 22.7 Å². The molecule has 1 atom stereocenters. The smallest absolute Gasteiger partial charge is 0.340 e. The molecule has 0 aromatic heterocycles. The Labute approximate surface area is 121 Å². The zero-order valence-corrected chi connectivity index (χ0v) is 12.5. The molecule has 1 aliphatic heterocycles. The Hall–Kier alpha value is -1.07. The van der Waals surface area contributed by atoms with E-state index in [-0.39, 0.29) is 5.56 Å². The molecule has 0 radical (unpaired) electrons. The molecular formula is C14H18BrNO3. The standard InChI is InChI=1S/C14H18BrNO3/c1-16-8-3-2-5-10(16)9-19-12-7-4-6-11(15)13(12)14(17)18/h4,6-7,10H,2-3,5,8-9H2,1H3,(H,17,18). The lowest BCUT2D eigenvalue weighted by molar-refractivity contribution is 0.0686. The molecule has 2 rings (SSSR count). The van der Waals surface area contributed by atoms with Crippen molar-refractivity contribution in [1.82, 2.24) is 4.90 Å². The highest BCUT2D eigenvalue weighted by Gasteiger charge is 2.21. The number of hydrogen-bond acceptors (Lipinski definition) is 3. The zero-order chi connectivity index (χ0) is 13.8. The van der Waals surface area contributed by atoms with E-state index in [9.17, 15) is 9.90 Å². The van der Waals surface area contributed by atoms with E-state index in [4.69, 9.17) is 4.74 Å². The van der Waals surface area contributed by atoms with Crippen LogP contribution in [-0.4, -0.2) is 42.2 Å². The van der Waals surface area contributed by atoms with E-state index < -0.39 is 5.97 Å². The van der Waals surface area contributed by atoms with Crippen LogP contribution in [0.5, 0.6) is 5.75 Å². The molecule has 1 aliphatic rings. The second kappa shape index (κ2) is 6.39. The lowest BCUT2D eigenvalue weighted by Gasteiger charge is -2.32. The summed E-state index contributed by atoms with van der Waals surface area (Å²) in [6, 6.07) is 5.57. The van der Waals surface area contributed by atoms with Crippen LogP contribution in [0.2, 0.25) is 0 Å². The quantitative estimate of drug-likeness (QED) is 0.923. The average molecular weight is 328 g/mol. The molecule has 1 unspecified atom stereocenters. The highest BCUT2D eigenvalue weighted by atomic mass is 79.9. The number of carboxylic acid groups (broad SMARTS) is 1. The van der Waals surface area contributed by atoms with E-state index in [1.165, 1.54) is 12.8 Å². The second-order valence-electron chi connectivity index (χ2n) is 4.86. The van der Waals surface area contributed by atoms with Crippen LogP contribution in [0.25, 0.3) is 0 Å². The Kier molecular flexibility index (Phi) is 4.82. The Morgan fingerprint density at radius 3 is 3.00 bits per heavy atom. The summed E-state index contributed by atoms with van der Waals surface area (Å²) < 4.78 is 6.29. The summed E-state index contributed by atoms with van der Waals surface area (Å²) >= 11 is 3.25. The third-order valence-electron chi connectivity index (χ3n) is 3.54. The van der Waals surface area contributed by atoms with E-state index >= 15 is 0 Å². The first-order valence-electron chi connectivity index (χ1n) is 6.44. The van der Waals surface area contributed by atoms with Gasteiger partial charge in [0.25, 0.3) is 0 Å². The molecule has 0 aliphatic carbocycles. The summed E-state index contributed by atoms with van der Waals surface area (Å²) in [5.74, 6) is -0.541. The molecule has 1 aromatic carbocycles. The third kappa shape index (κ3) is 3.48. The summed E-state index contributed by atoms with van der Waals surface area (Å²) in [6.45, 7) is 1.62. The third-order valence-corrected chi connectivity index (χ3v) is 4.20. The molecular weight excluding hydrogens is 310 g/mol. The molecule has 0 saturated carbocycles. The SMILES string of the molecule is CN1CCCCC1COc1cccc(Br)c1C(=O)O. The van der Waals surface area contributed by atoms with Crippen LogP contribution in [0.3, 0.4) is 0 Å². The number of ether oxygens (including phenoxy) is 1. The van der Waals surface area contributed by atoms with Crippen LogP contribution < -0.4 is 4.74 Å². The maximum Gasteiger partial charge on any atom is 0.340 e. The summed E-state index contributed by atoms with van der Waals surface area (Å²) in [5.41, 5.74) is 0.195. The van der Waals surface area contributed by atoms with Gasteiger partial charge in [-0.3, -0.25) is 0 Å². The summed E-state index contributed by atoms with van der Waals surface area (Å²) in [7, 11) is 2.09. The van der Waals surface area contributed by atoms with E-state index in [0.29, 0.717) is 22.9 Å². The molecule has 4 nitrogen and oxygen atoms in total. The minimum Gasteiger partial charge on any atom is -0.491 e. The van der Waals surface area contributed by atoms with Gasteiger partial charge in [0.1, 0.15) is 17.9 Å². The molecule has 0 spiro atoms. The highest BCUT2D eigenvalue weighted by molar-refractivity contribution is 9.10. The van der Waals surface area contributed by atoms with E-state index in [1.807, 2.05) is 0 Å². The van der Waals surface area contributed by atoms with E-state index in [0.717, 1.165) is 13.0 Å².